The molecule has 1 saturated heterocycles. The number of aromatic amines is 1. The van der Waals surface area contributed by atoms with Crippen LogP contribution in [-0.4, -0.2) is 35.0 Å². The average Bonchev–Trinajstić information content (AvgIpc) is 2.61. The van der Waals surface area contributed by atoms with Crippen LogP contribution in [0.15, 0.2) is 35.1 Å². The molecule has 0 spiro atoms. The Kier molecular flexibility index (Phi) is 4.80. The summed E-state index contributed by atoms with van der Waals surface area (Å²) in [5.41, 5.74) is 1.49. The van der Waals surface area contributed by atoms with Crippen molar-refractivity contribution < 1.29 is 4.79 Å². The van der Waals surface area contributed by atoms with Gasteiger partial charge in [0.2, 0.25) is 5.95 Å². The normalized spacial score (nSPS) is 14.8. The first-order valence-corrected chi connectivity index (χ1v) is 8.19. The van der Waals surface area contributed by atoms with Crippen LogP contribution in [0.25, 0.3) is 0 Å². The lowest BCUT2D eigenvalue weighted by atomic mass is 10.0. The Morgan fingerprint density at radius 2 is 2.12 bits per heavy atom. The lowest BCUT2D eigenvalue weighted by Crippen LogP contribution is -2.45. The molecule has 0 bridgehead atoms. The van der Waals surface area contributed by atoms with Crippen LogP contribution in [0.1, 0.15) is 34.5 Å². The predicted octanol–water partition coefficient (Wildman–Crippen LogP) is 1.35. The first-order valence-electron chi connectivity index (χ1n) is 8.19. The molecule has 7 heteroatoms. The van der Waals surface area contributed by atoms with E-state index in [2.05, 4.69) is 15.3 Å². The number of hydrogen-bond donors (Lipinski definition) is 2. The summed E-state index contributed by atoms with van der Waals surface area (Å²) in [5.74, 6) is 0.411. The smallest absolute Gasteiger partial charge is 0.252 e. The molecule has 7 nitrogen and oxygen atoms in total. The van der Waals surface area contributed by atoms with Gasteiger partial charge in [0.05, 0.1) is 11.6 Å². The van der Waals surface area contributed by atoms with Gasteiger partial charge in [-0.3, -0.25) is 14.6 Å². The van der Waals surface area contributed by atoms with Crippen LogP contribution in [0.5, 0.6) is 0 Å². The lowest BCUT2D eigenvalue weighted by Gasteiger charge is -2.32. The van der Waals surface area contributed by atoms with Crippen molar-refractivity contribution in [3.8, 4) is 6.07 Å². The maximum atomic E-state index is 12.3. The molecule has 0 radical (unpaired) electrons. The highest BCUT2D eigenvalue weighted by Gasteiger charge is 2.22. The SMILES string of the molecule is Cc1cc(=O)[nH]c(N2CCC(NC(=O)c3cccc(C#N)c3)CC2)n1. The van der Waals surface area contributed by atoms with Crippen LogP contribution in [0, 0.1) is 18.3 Å². The van der Waals surface area contributed by atoms with E-state index in [1.54, 1.807) is 31.2 Å². The van der Waals surface area contributed by atoms with Crippen molar-refractivity contribution in [3.63, 3.8) is 0 Å². The Morgan fingerprint density at radius 3 is 2.80 bits per heavy atom. The van der Waals surface area contributed by atoms with Crippen LogP contribution >= 0.6 is 0 Å². The monoisotopic (exact) mass is 337 g/mol. The van der Waals surface area contributed by atoms with Crippen LogP contribution < -0.4 is 15.8 Å². The van der Waals surface area contributed by atoms with E-state index in [1.807, 2.05) is 11.0 Å². The van der Waals surface area contributed by atoms with E-state index in [0.29, 0.717) is 35.9 Å². The fourth-order valence-electron chi connectivity index (χ4n) is 2.95. The van der Waals surface area contributed by atoms with E-state index in [0.717, 1.165) is 12.8 Å². The molecule has 0 atom stereocenters. The number of nitrogens with zero attached hydrogens (tertiary/aromatic N) is 3. The Balaban J connectivity index is 1.60. The van der Waals surface area contributed by atoms with E-state index >= 15 is 0 Å². The number of H-pyrrole nitrogens is 1. The number of benzene rings is 1. The Hall–Kier alpha value is -3.14. The number of carbonyl (C=O) groups is 1. The van der Waals surface area contributed by atoms with E-state index in [9.17, 15) is 9.59 Å². The molecule has 3 rings (SSSR count). The summed E-state index contributed by atoms with van der Waals surface area (Å²) in [5, 5.41) is 11.9. The van der Waals surface area contributed by atoms with Gasteiger partial charge in [0.1, 0.15) is 0 Å². The van der Waals surface area contributed by atoms with Crippen LogP contribution in [0.2, 0.25) is 0 Å². The molecule has 1 amide bonds. The van der Waals surface area contributed by atoms with Gasteiger partial charge in [-0.1, -0.05) is 6.07 Å². The van der Waals surface area contributed by atoms with E-state index in [4.69, 9.17) is 5.26 Å². The summed E-state index contributed by atoms with van der Waals surface area (Å²) >= 11 is 0. The van der Waals surface area contributed by atoms with Crippen LogP contribution in [0.3, 0.4) is 0 Å². The number of carbonyl (C=O) groups excluding carboxylic acids is 1. The van der Waals surface area contributed by atoms with Crippen molar-refractivity contribution in [2.45, 2.75) is 25.8 Å². The molecule has 0 aliphatic carbocycles. The van der Waals surface area contributed by atoms with Crippen LogP contribution in [-0.2, 0) is 0 Å². The molecule has 1 aliphatic rings. The third-order valence-electron chi connectivity index (χ3n) is 4.24. The fraction of sp³-hybridized carbons (Fsp3) is 0.333. The van der Waals surface area contributed by atoms with Crippen molar-refractivity contribution in [1.82, 2.24) is 15.3 Å². The third kappa shape index (κ3) is 4.04. The van der Waals surface area contributed by atoms with Crippen molar-refractivity contribution in [2.24, 2.45) is 0 Å². The molecule has 25 heavy (non-hydrogen) atoms. The van der Waals surface area contributed by atoms with Gasteiger partial charge in [-0.2, -0.15) is 5.26 Å². The van der Waals surface area contributed by atoms with Gasteiger partial charge in [0, 0.05) is 36.5 Å². The summed E-state index contributed by atoms with van der Waals surface area (Å²) in [6.07, 6.45) is 1.53. The van der Waals surface area contributed by atoms with Gasteiger partial charge in [-0.05, 0) is 38.0 Å². The highest BCUT2D eigenvalue weighted by atomic mass is 16.1. The van der Waals surface area contributed by atoms with E-state index in [-0.39, 0.29) is 17.5 Å². The summed E-state index contributed by atoms with van der Waals surface area (Å²) in [6, 6.07) is 10.2. The molecule has 1 aromatic carbocycles. The van der Waals surface area contributed by atoms with Crippen molar-refractivity contribution in [2.75, 3.05) is 18.0 Å². The number of nitrogens with one attached hydrogen (secondary N) is 2. The van der Waals surface area contributed by atoms with Gasteiger partial charge in [-0.15, -0.1) is 0 Å². The predicted molar refractivity (Wildman–Crippen MR) is 93.5 cm³/mol. The number of anilines is 1. The number of hydrogen-bond acceptors (Lipinski definition) is 5. The standard InChI is InChI=1S/C18H19N5O2/c1-12-9-16(24)22-18(20-12)23-7-5-15(6-8-23)21-17(25)14-4-2-3-13(10-14)11-19/h2-4,9-10,15H,5-8H2,1H3,(H,21,25)(H,20,22,24). The first-order chi connectivity index (χ1) is 12.0. The van der Waals surface area contributed by atoms with Gasteiger partial charge < -0.3 is 10.2 Å². The zero-order chi connectivity index (χ0) is 17.8. The summed E-state index contributed by atoms with van der Waals surface area (Å²) < 4.78 is 0. The number of rotatable bonds is 3. The van der Waals surface area contributed by atoms with Crippen molar-refractivity contribution in [1.29, 1.82) is 5.26 Å². The topological polar surface area (TPSA) is 102 Å². The number of nitriles is 1. The number of aromatic nitrogens is 2. The zero-order valence-corrected chi connectivity index (χ0v) is 14.0. The highest BCUT2D eigenvalue weighted by molar-refractivity contribution is 5.94. The maximum Gasteiger partial charge on any atom is 0.252 e. The summed E-state index contributed by atoms with van der Waals surface area (Å²) in [4.78, 5) is 33.0. The van der Waals surface area contributed by atoms with Crippen LogP contribution in [0.4, 0.5) is 5.95 Å². The molecular weight excluding hydrogens is 318 g/mol. The maximum absolute atomic E-state index is 12.3. The molecule has 2 heterocycles. The van der Waals surface area contributed by atoms with Gasteiger partial charge >= 0.3 is 0 Å². The fourth-order valence-corrected chi connectivity index (χ4v) is 2.95. The molecule has 0 saturated carbocycles. The summed E-state index contributed by atoms with van der Waals surface area (Å²) in [7, 11) is 0. The lowest BCUT2D eigenvalue weighted by molar-refractivity contribution is 0.0931. The minimum Gasteiger partial charge on any atom is -0.349 e. The second-order valence-electron chi connectivity index (χ2n) is 6.14. The molecule has 128 valence electrons. The largest absolute Gasteiger partial charge is 0.349 e. The molecule has 0 unspecified atom stereocenters. The molecule has 1 aromatic heterocycles. The quantitative estimate of drug-likeness (QED) is 0.880. The Labute approximate surface area is 145 Å². The molecule has 2 aromatic rings. The number of aryl methyl sites for hydroxylation is 1. The Morgan fingerprint density at radius 1 is 1.36 bits per heavy atom. The average molecular weight is 337 g/mol. The number of amides is 1. The Bertz CT molecular complexity index is 876. The second-order valence-corrected chi connectivity index (χ2v) is 6.14. The molecular formula is C18H19N5O2. The zero-order valence-electron chi connectivity index (χ0n) is 14.0. The van der Waals surface area contributed by atoms with Crippen molar-refractivity contribution in [3.05, 3.63) is 57.5 Å². The minimum atomic E-state index is -0.169. The summed E-state index contributed by atoms with van der Waals surface area (Å²) in [6.45, 7) is 3.20. The molecule has 1 aliphatic heterocycles. The molecule has 1 fully saturated rings. The van der Waals surface area contributed by atoms with E-state index < -0.39 is 0 Å². The van der Waals surface area contributed by atoms with Gasteiger partial charge in [-0.25, -0.2) is 4.98 Å². The molecule has 2 N–H and O–H groups in total. The van der Waals surface area contributed by atoms with E-state index in [1.165, 1.54) is 6.07 Å². The first kappa shape index (κ1) is 16.7. The van der Waals surface area contributed by atoms with Crippen molar-refractivity contribution >= 4 is 11.9 Å². The number of piperidine rings is 1. The second kappa shape index (κ2) is 7.18. The van der Waals surface area contributed by atoms with Gasteiger partial charge in [0.15, 0.2) is 0 Å². The minimum absolute atomic E-state index is 0.0611. The van der Waals surface area contributed by atoms with Gasteiger partial charge in [0.25, 0.3) is 11.5 Å². The highest BCUT2D eigenvalue weighted by Crippen LogP contribution is 2.16. The third-order valence-corrected chi connectivity index (χ3v) is 4.24.